The summed E-state index contributed by atoms with van der Waals surface area (Å²) in [4.78, 5) is 3.90. The standard InChI is InChI=1S/C8H11ClN4OS/c9-6-5(3-1-2-4-15)12-8(11)13(14)7(6)10/h4,10,14H,1-3H2,(H2,11,12). The van der Waals surface area contributed by atoms with Gasteiger partial charge in [0.1, 0.15) is 5.02 Å². The molecule has 5 nitrogen and oxygen atoms in total. The highest BCUT2D eigenvalue weighted by molar-refractivity contribution is 7.78. The van der Waals surface area contributed by atoms with Crippen molar-refractivity contribution >= 4 is 35.1 Å². The minimum Gasteiger partial charge on any atom is -0.423 e. The summed E-state index contributed by atoms with van der Waals surface area (Å²) in [5, 5.41) is 18.4. The summed E-state index contributed by atoms with van der Waals surface area (Å²) < 4.78 is 0.449. The van der Waals surface area contributed by atoms with Gasteiger partial charge >= 0.3 is 0 Å². The first-order valence-corrected chi connectivity index (χ1v) is 5.17. The van der Waals surface area contributed by atoms with Crippen LogP contribution in [0.5, 0.6) is 0 Å². The van der Waals surface area contributed by atoms with E-state index in [1.54, 1.807) is 5.37 Å². The first-order chi connectivity index (χ1) is 7.07. The Kier molecular flexibility index (Phi) is 4.05. The van der Waals surface area contributed by atoms with Gasteiger partial charge in [-0.3, -0.25) is 5.41 Å². The molecular formula is C8H11ClN4OS. The summed E-state index contributed by atoms with van der Waals surface area (Å²) >= 11 is 10.5. The monoisotopic (exact) mass is 246 g/mol. The smallest absolute Gasteiger partial charge is 0.236 e. The lowest BCUT2D eigenvalue weighted by Gasteiger charge is -2.07. The van der Waals surface area contributed by atoms with Crippen molar-refractivity contribution < 1.29 is 5.21 Å². The van der Waals surface area contributed by atoms with Crippen molar-refractivity contribution in [3.8, 4) is 0 Å². The first-order valence-electron chi connectivity index (χ1n) is 4.32. The Balaban J connectivity index is 2.99. The molecule has 7 heteroatoms. The molecule has 0 amide bonds. The van der Waals surface area contributed by atoms with E-state index in [-0.39, 0.29) is 16.5 Å². The van der Waals surface area contributed by atoms with Gasteiger partial charge in [0.15, 0.2) is 5.49 Å². The van der Waals surface area contributed by atoms with Crippen LogP contribution in [0.15, 0.2) is 0 Å². The second kappa shape index (κ2) is 5.09. The number of nitrogens with two attached hydrogens (primary N) is 1. The van der Waals surface area contributed by atoms with Gasteiger partial charge in [0, 0.05) is 0 Å². The molecule has 82 valence electrons. The lowest BCUT2D eigenvalue weighted by Crippen LogP contribution is -2.24. The maximum absolute atomic E-state index is 9.22. The fourth-order valence-corrected chi connectivity index (χ4v) is 1.48. The van der Waals surface area contributed by atoms with Crippen molar-refractivity contribution in [2.24, 2.45) is 0 Å². The van der Waals surface area contributed by atoms with Gasteiger partial charge in [-0.1, -0.05) is 23.8 Å². The zero-order chi connectivity index (χ0) is 11.4. The average molecular weight is 247 g/mol. The van der Waals surface area contributed by atoms with Gasteiger partial charge in [-0.15, -0.1) is 4.73 Å². The number of aryl methyl sites for hydroxylation is 1. The number of hydrogen-bond acceptors (Lipinski definition) is 5. The minimum atomic E-state index is -0.249. The molecule has 0 saturated carbocycles. The van der Waals surface area contributed by atoms with Crippen LogP contribution in [0.4, 0.5) is 5.95 Å². The van der Waals surface area contributed by atoms with E-state index in [4.69, 9.17) is 22.7 Å². The number of unbranched alkanes of at least 4 members (excludes halogenated alkanes) is 1. The third-order valence-electron chi connectivity index (χ3n) is 1.88. The van der Waals surface area contributed by atoms with Crippen LogP contribution in [-0.2, 0) is 6.42 Å². The third kappa shape index (κ3) is 2.66. The summed E-state index contributed by atoms with van der Waals surface area (Å²) in [6.45, 7) is 0. The van der Waals surface area contributed by atoms with Crippen molar-refractivity contribution in [3.05, 3.63) is 16.2 Å². The molecule has 1 aromatic rings. The zero-order valence-electron chi connectivity index (χ0n) is 7.90. The molecule has 0 aliphatic heterocycles. The van der Waals surface area contributed by atoms with Crippen molar-refractivity contribution in [1.29, 1.82) is 5.41 Å². The van der Waals surface area contributed by atoms with Crippen LogP contribution in [-0.4, -0.2) is 20.3 Å². The number of aromatic nitrogens is 2. The second-order valence-electron chi connectivity index (χ2n) is 2.95. The molecule has 0 aromatic carbocycles. The fourth-order valence-electron chi connectivity index (χ4n) is 1.10. The van der Waals surface area contributed by atoms with Gasteiger partial charge < -0.3 is 10.9 Å². The van der Waals surface area contributed by atoms with Crippen LogP contribution in [0.2, 0.25) is 5.02 Å². The Labute approximate surface area is 97.0 Å². The van der Waals surface area contributed by atoms with Crippen molar-refractivity contribution in [2.75, 3.05) is 5.73 Å². The fraction of sp³-hybridized carbons (Fsp3) is 0.375. The minimum absolute atomic E-state index is 0.121. The van der Waals surface area contributed by atoms with E-state index in [0.29, 0.717) is 16.8 Å². The van der Waals surface area contributed by atoms with Crippen molar-refractivity contribution in [2.45, 2.75) is 19.3 Å². The van der Waals surface area contributed by atoms with Gasteiger partial charge in [-0.05, 0) is 24.6 Å². The van der Waals surface area contributed by atoms with E-state index in [1.165, 1.54) is 0 Å². The molecule has 0 spiro atoms. The van der Waals surface area contributed by atoms with E-state index < -0.39 is 0 Å². The summed E-state index contributed by atoms with van der Waals surface area (Å²) in [6.07, 6.45) is 2.15. The van der Waals surface area contributed by atoms with Crippen LogP contribution in [0.1, 0.15) is 18.5 Å². The number of hydrogen-bond donors (Lipinski definition) is 3. The predicted molar refractivity (Wildman–Crippen MR) is 61.3 cm³/mol. The quantitative estimate of drug-likeness (QED) is 0.423. The van der Waals surface area contributed by atoms with Crippen LogP contribution in [0, 0.1) is 5.41 Å². The third-order valence-corrected chi connectivity index (χ3v) is 2.51. The largest absolute Gasteiger partial charge is 0.423 e. The molecule has 0 atom stereocenters. The van der Waals surface area contributed by atoms with Crippen LogP contribution in [0.3, 0.4) is 0 Å². The van der Waals surface area contributed by atoms with Gasteiger partial charge in [0.05, 0.1) is 5.69 Å². The maximum Gasteiger partial charge on any atom is 0.236 e. The number of rotatable bonds is 4. The van der Waals surface area contributed by atoms with Crippen molar-refractivity contribution in [1.82, 2.24) is 9.71 Å². The molecule has 0 radical (unpaired) electrons. The predicted octanol–water partition coefficient (Wildman–Crippen LogP) is 1.16. The molecule has 15 heavy (non-hydrogen) atoms. The molecule has 0 unspecified atom stereocenters. The number of anilines is 1. The molecule has 1 heterocycles. The molecule has 0 fully saturated rings. The molecule has 0 bridgehead atoms. The topological polar surface area (TPSA) is 87.9 Å². The molecule has 0 saturated heterocycles. The Bertz CT molecular complexity index is 431. The number of thiocarbonyl (C=S) groups is 1. The van der Waals surface area contributed by atoms with E-state index in [0.717, 1.165) is 12.8 Å². The van der Waals surface area contributed by atoms with E-state index in [1.807, 2.05) is 0 Å². The lowest BCUT2D eigenvalue weighted by molar-refractivity contribution is 0.173. The molecule has 1 rings (SSSR count). The van der Waals surface area contributed by atoms with Gasteiger partial charge in [0.2, 0.25) is 5.95 Å². The number of halogens is 1. The maximum atomic E-state index is 9.22. The summed E-state index contributed by atoms with van der Waals surface area (Å²) in [7, 11) is 0. The molecule has 4 N–H and O–H groups in total. The van der Waals surface area contributed by atoms with Gasteiger partial charge in [-0.2, -0.15) is 0 Å². The van der Waals surface area contributed by atoms with Crippen LogP contribution >= 0.6 is 23.8 Å². The molecular weight excluding hydrogens is 236 g/mol. The molecule has 1 aromatic heterocycles. The molecule has 0 aliphatic rings. The van der Waals surface area contributed by atoms with Gasteiger partial charge in [-0.25, -0.2) is 4.98 Å². The lowest BCUT2D eigenvalue weighted by atomic mass is 10.2. The van der Waals surface area contributed by atoms with Crippen molar-refractivity contribution in [3.63, 3.8) is 0 Å². The van der Waals surface area contributed by atoms with Crippen LogP contribution in [0.25, 0.3) is 0 Å². The van der Waals surface area contributed by atoms with E-state index in [2.05, 4.69) is 17.2 Å². The highest BCUT2D eigenvalue weighted by Gasteiger charge is 2.09. The Morgan fingerprint density at radius 3 is 2.93 bits per heavy atom. The SMILES string of the molecule is N=c1c(Cl)c(CCCC=S)nc(N)n1O. The highest BCUT2D eigenvalue weighted by Crippen LogP contribution is 2.12. The summed E-state index contributed by atoms with van der Waals surface area (Å²) in [5.41, 5.74) is 5.66. The van der Waals surface area contributed by atoms with E-state index >= 15 is 0 Å². The van der Waals surface area contributed by atoms with E-state index in [9.17, 15) is 5.21 Å². The van der Waals surface area contributed by atoms with Crippen LogP contribution < -0.4 is 11.2 Å². The summed E-state index contributed by atoms with van der Waals surface area (Å²) in [6, 6.07) is 0. The first kappa shape index (κ1) is 11.9. The Hall–Kier alpha value is -1.14. The normalized spacial score (nSPS) is 10.2. The zero-order valence-corrected chi connectivity index (χ0v) is 9.48. The number of nitrogens with one attached hydrogen (secondary N) is 1. The number of nitrogens with zero attached hydrogens (tertiary/aromatic N) is 2. The average Bonchev–Trinajstić information content (AvgIpc) is 2.23. The van der Waals surface area contributed by atoms with Gasteiger partial charge in [0.25, 0.3) is 0 Å². The second-order valence-corrected chi connectivity index (χ2v) is 3.66. The Morgan fingerprint density at radius 1 is 1.67 bits per heavy atom. The Morgan fingerprint density at radius 2 is 2.33 bits per heavy atom. The number of nitrogen functional groups attached to an aromatic ring is 1. The summed E-state index contributed by atoms with van der Waals surface area (Å²) in [5.74, 6) is -0.137. The highest BCUT2D eigenvalue weighted by atomic mass is 35.5. The molecule has 0 aliphatic carbocycles.